The number of aryl methyl sites for hydroxylation is 1. The van der Waals surface area contributed by atoms with Crippen LogP contribution in [-0.4, -0.2) is 13.0 Å². The molecule has 0 aliphatic heterocycles. The van der Waals surface area contributed by atoms with Gasteiger partial charge >= 0.3 is 0 Å². The van der Waals surface area contributed by atoms with Gasteiger partial charge < -0.3 is 0 Å². The zero-order valence-corrected chi connectivity index (χ0v) is 25.5. The second-order valence-corrected chi connectivity index (χ2v) is 12.6. The van der Waals surface area contributed by atoms with E-state index in [0.29, 0.717) is 0 Å². The summed E-state index contributed by atoms with van der Waals surface area (Å²) in [6, 6.07) is 54.4. The molecule has 0 spiro atoms. The lowest BCUT2D eigenvalue weighted by Crippen LogP contribution is -1.96. The molecule has 3 nitrogen and oxygen atoms in total. The van der Waals surface area contributed by atoms with Crippen molar-refractivity contribution < 1.29 is 13.0 Å². The summed E-state index contributed by atoms with van der Waals surface area (Å²) in [5.74, 6) is 0. The van der Waals surface area contributed by atoms with Gasteiger partial charge in [-0.25, -0.2) is 0 Å². The largest absolute Gasteiger partial charge is 0.294 e. The predicted molar refractivity (Wildman–Crippen MR) is 187 cm³/mol. The van der Waals surface area contributed by atoms with Gasteiger partial charge in [-0.1, -0.05) is 151 Å². The van der Waals surface area contributed by atoms with Gasteiger partial charge in [0.15, 0.2) is 0 Å². The van der Waals surface area contributed by atoms with Crippen LogP contribution in [0.25, 0.3) is 65.7 Å². The molecule has 218 valence electrons. The van der Waals surface area contributed by atoms with Crippen molar-refractivity contribution >= 4 is 42.4 Å². The lowest BCUT2D eigenvalue weighted by Gasteiger charge is -2.23. The Kier molecular flexibility index (Phi) is 7.38. The summed E-state index contributed by atoms with van der Waals surface area (Å²) in [5, 5.41) is 7.91. The normalized spacial score (nSPS) is 11.5. The molecular weight excluding hydrogens is 573 g/mol. The van der Waals surface area contributed by atoms with Gasteiger partial charge in [0, 0.05) is 0 Å². The summed E-state index contributed by atoms with van der Waals surface area (Å²) in [7, 11) is -4.02. The second kappa shape index (κ2) is 11.7. The molecule has 0 saturated carbocycles. The molecule has 0 bridgehead atoms. The fraction of sp³-hybridized carbons (Fsp3) is 0.0244. The van der Waals surface area contributed by atoms with E-state index in [1.54, 1.807) is 12.1 Å². The van der Waals surface area contributed by atoms with Gasteiger partial charge in [0.2, 0.25) is 0 Å². The molecule has 0 unspecified atom stereocenters. The summed E-state index contributed by atoms with van der Waals surface area (Å²) in [6.07, 6.45) is 0. The summed E-state index contributed by atoms with van der Waals surface area (Å²) in [6.45, 7) is 1.84. The number of hydrogen-bond acceptors (Lipinski definition) is 2. The van der Waals surface area contributed by atoms with E-state index < -0.39 is 10.1 Å². The molecule has 0 atom stereocenters. The van der Waals surface area contributed by atoms with Crippen molar-refractivity contribution in [2.45, 2.75) is 11.8 Å². The molecule has 4 heteroatoms. The van der Waals surface area contributed by atoms with Gasteiger partial charge in [-0.15, -0.1) is 0 Å². The molecule has 0 heterocycles. The monoisotopic (exact) mass is 602 g/mol. The quantitative estimate of drug-likeness (QED) is 0.161. The minimum absolute atomic E-state index is 0.0666. The maximum absolute atomic E-state index is 10.5. The molecule has 1 N–H and O–H groups in total. The molecule has 8 aromatic carbocycles. The van der Waals surface area contributed by atoms with Crippen molar-refractivity contribution in [2.24, 2.45) is 0 Å². The zero-order chi connectivity index (χ0) is 31.0. The predicted octanol–water partition coefficient (Wildman–Crippen LogP) is 10.8. The molecule has 0 amide bonds. The summed E-state index contributed by atoms with van der Waals surface area (Å²) in [4.78, 5) is -0.0666. The molecule has 0 aromatic heterocycles. The van der Waals surface area contributed by atoms with Gasteiger partial charge in [-0.2, -0.15) is 8.42 Å². The fourth-order valence-corrected chi connectivity index (χ4v) is 6.79. The van der Waals surface area contributed by atoms with E-state index in [4.69, 9.17) is 4.55 Å². The van der Waals surface area contributed by atoms with Gasteiger partial charge in [0.1, 0.15) is 0 Å². The van der Waals surface area contributed by atoms with Gasteiger partial charge in [0.25, 0.3) is 10.1 Å². The van der Waals surface area contributed by atoms with Crippen molar-refractivity contribution in [3.63, 3.8) is 0 Å². The van der Waals surface area contributed by atoms with Crippen LogP contribution in [0.5, 0.6) is 0 Å². The molecule has 8 rings (SSSR count). The van der Waals surface area contributed by atoms with Crippen molar-refractivity contribution in [3.05, 3.63) is 163 Å². The third-order valence-electron chi connectivity index (χ3n) is 8.32. The highest BCUT2D eigenvalue weighted by Crippen LogP contribution is 2.50. The molecule has 45 heavy (non-hydrogen) atoms. The molecule has 0 fully saturated rings. The SMILES string of the molecule is Cc1ccc(S(=O)(=O)O)cc1.c1ccc(-c2c(-c3ccccc3)c3ccc4cccc5ccc(c2-c2ccccc2)c3c45)cc1. The molecule has 0 saturated heterocycles. The van der Waals surface area contributed by atoms with Crippen LogP contribution in [-0.2, 0) is 10.1 Å². The first kappa shape index (κ1) is 28.5. The van der Waals surface area contributed by atoms with E-state index in [1.807, 2.05) is 6.92 Å². The average Bonchev–Trinajstić information content (AvgIpc) is 3.08. The van der Waals surface area contributed by atoms with Crippen LogP contribution < -0.4 is 0 Å². The lowest BCUT2D eigenvalue weighted by atomic mass is 9.79. The lowest BCUT2D eigenvalue weighted by molar-refractivity contribution is 0.483. The Bertz CT molecular complexity index is 2260. The van der Waals surface area contributed by atoms with Crippen molar-refractivity contribution in [1.82, 2.24) is 0 Å². The Balaban J connectivity index is 0.000000252. The van der Waals surface area contributed by atoms with E-state index >= 15 is 0 Å². The van der Waals surface area contributed by atoms with E-state index in [2.05, 4.69) is 133 Å². The Hall–Kier alpha value is -5.29. The highest BCUT2D eigenvalue weighted by molar-refractivity contribution is 7.85. The first-order valence-corrected chi connectivity index (χ1v) is 16.3. The maximum Gasteiger partial charge on any atom is 0.294 e. The Labute approximate surface area is 263 Å². The maximum atomic E-state index is 10.5. The third kappa shape index (κ3) is 5.35. The first-order valence-electron chi connectivity index (χ1n) is 14.8. The molecule has 8 aromatic rings. The van der Waals surface area contributed by atoms with E-state index in [1.165, 1.54) is 77.8 Å². The van der Waals surface area contributed by atoms with Gasteiger partial charge in [-0.3, -0.25) is 4.55 Å². The van der Waals surface area contributed by atoms with E-state index in [0.717, 1.165) is 5.56 Å². The highest BCUT2D eigenvalue weighted by Gasteiger charge is 2.22. The standard InChI is InChI=1S/C34H22.C7H8O3S/c1-4-11-23(12-5-1)31-28-21-19-26-17-10-18-27-20-22-29(34(28)30(26)27)32(24-13-6-2-7-14-24)33(31)25-15-8-3-9-16-25;1-6-2-4-7(5-3-6)11(8,9)10/h1-22H;2-5H,1H3,(H,8,9,10). The van der Waals surface area contributed by atoms with Crippen LogP contribution in [0.3, 0.4) is 0 Å². The Morgan fingerprint density at radius 2 is 0.844 bits per heavy atom. The van der Waals surface area contributed by atoms with E-state index in [9.17, 15) is 8.42 Å². The fourth-order valence-electron chi connectivity index (χ4n) is 6.31. The molecule has 0 radical (unpaired) electrons. The number of hydrogen-bond donors (Lipinski definition) is 1. The zero-order valence-electron chi connectivity index (χ0n) is 24.7. The molecule has 0 aliphatic carbocycles. The molecule has 0 aliphatic rings. The molecular formula is C41H30O3S. The van der Waals surface area contributed by atoms with E-state index in [-0.39, 0.29) is 4.90 Å². The average molecular weight is 603 g/mol. The highest BCUT2D eigenvalue weighted by atomic mass is 32.2. The number of benzene rings is 8. The van der Waals surface area contributed by atoms with Crippen molar-refractivity contribution in [3.8, 4) is 33.4 Å². The summed E-state index contributed by atoms with van der Waals surface area (Å²) < 4.78 is 29.6. The smallest absolute Gasteiger partial charge is 0.282 e. The Morgan fingerprint density at radius 3 is 1.27 bits per heavy atom. The minimum atomic E-state index is -4.02. The Morgan fingerprint density at radius 1 is 0.422 bits per heavy atom. The van der Waals surface area contributed by atoms with Crippen molar-refractivity contribution in [2.75, 3.05) is 0 Å². The third-order valence-corrected chi connectivity index (χ3v) is 9.19. The topological polar surface area (TPSA) is 54.4 Å². The van der Waals surface area contributed by atoms with Crippen molar-refractivity contribution in [1.29, 1.82) is 0 Å². The van der Waals surface area contributed by atoms with Crippen LogP contribution in [0.15, 0.2) is 163 Å². The van der Waals surface area contributed by atoms with Crippen LogP contribution >= 0.6 is 0 Å². The minimum Gasteiger partial charge on any atom is -0.282 e. The first-order chi connectivity index (χ1) is 21.9. The van der Waals surface area contributed by atoms with Gasteiger partial charge in [0.05, 0.1) is 4.90 Å². The summed E-state index contributed by atoms with van der Waals surface area (Å²) in [5.41, 5.74) is 8.59. The number of rotatable bonds is 4. The second-order valence-electron chi connectivity index (χ2n) is 11.2. The van der Waals surface area contributed by atoms with Crippen LogP contribution in [0.2, 0.25) is 0 Å². The van der Waals surface area contributed by atoms with Crippen LogP contribution in [0, 0.1) is 6.92 Å². The van der Waals surface area contributed by atoms with Gasteiger partial charge in [-0.05, 0) is 84.8 Å². The van der Waals surface area contributed by atoms with Crippen LogP contribution in [0.4, 0.5) is 0 Å². The summed E-state index contributed by atoms with van der Waals surface area (Å²) >= 11 is 0. The van der Waals surface area contributed by atoms with Crippen LogP contribution in [0.1, 0.15) is 5.56 Å².